The van der Waals surface area contributed by atoms with Gasteiger partial charge in [0.1, 0.15) is 5.82 Å². The number of nitrogens with zero attached hydrogens (tertiary/aromatic N) is 1. The lowest BCUT2D eigenvalue weighted by Crippen LogP contribution is -2.44. The van der Waals surface area contributed by atoms with Gasteiger partial charge in [-0.3, -0.25) is 4.90 Å². The Morgan fingerprint density at radius 1 is 1.11 bits per heavy atom. The summed E-state index contributed by atoms with van der Waals surface area (Å²) in [5.41, 5.74) is 0.242. The first-order valence-corrected chi connectivity index (χ1v) is 6.73. The van der Waals surface area contributed by atoms with Gasteiger partial charge in [0.05, 0.1) is 0 Å². The summed E-state index contributed by atoms with van der Waals surface area (Å²) in [5, 5.41) is 3.35. The van der Waals surface area contributed by atoms with Gasteiger partial charge in [-0.25, -0.2) is 13.2 Å². The van der Waals surface area contributed by atoms with Gasteiger partial charge in [-0.1, -0.05) is 0 Å². The molecule has 104 valence electrons. The Kier molecular flexibility index (Phi) is 3.50. The molecule has 3 rings (SSSR count). The molecule has 0 aromatic heterocycles. The van der Waals surface area contributed by atoms with E-state index in [1.54, 1.807) is 0 Å². The van der Waals surface area contributed by atoms with Gasteiger partial charge in [-0.15, -0.1) is 0 Å². The van der Waals surface area contributed by atoms with Gasteiger partial charge in [0.25, 0.3) is 0 Å². The molecule has 2 aliphatic heterocycles. The van der Waals surface area contributed by atoms with Crippen molar-refractivity contribution < 1.29 is 13.2 Å². The maximum absolute atomic E-state index is 13.7. The maximum Gasteiger partial charge on any atom is 0.161 e. The molecular weight excluding hydrogens is 253 g/mol. The van der Waals surface area contributed by atoms with E-state index in [9.17, 15) is 13.2 Å². The van der Waals surface area contributed by atoms with Crippen molar-refractivity contribution in [3.63, 3.8) is 0 Å². The Labute approximate surface area is 110 Å². The Morgan fingerprint density at radius 3 is 2.74 bits per heavy atom. The summed E-state index contributed by atoms with van der Waals surface area (Å²) in [5.74, 6) is -2.16. The van der Waals surface area contributed by atoms with E-state index < -0.39 is 17.5 Å². The molecule has 1 N–H and O–H groups in total. The summed E-state index contributed by atoms with van der Waals surface area (Å²) in [6.07, 6.45) is 2.27. The average molecular weight is 270 g/mol. The number of nitrogens with one attached hydrogen (secondary N) is 1. The van der Waals surface area contributed by atoms with E-state index in [1.165, 1.54) is 6.42 Å². The highest BCUT2D eigenvalue weighted by atomic mass is 19.2. The summed E-state index contributed by atoms with van der Waals surface area (Å²) >= 11 is 0. The van der Waals surface area contributed by atoms with Gasteiger partial charge in [-0.05, 0) is 37.9 Å². The van der Waals surface area contributed by atoms with Gasteiger partial charge in [0.15, 0.2) is 11.6 Å². The van der Waals surface area contributed by atoms with Crippen molar-refractivity contribution in [3.8, 4) is 0 Å². The predicted octanol–water partition coefficient (Wildman–Crippen LogP) is 2.29. The van der Waals surface area contributed by atoms with Gasteiger partial charge in [0, 0.05) is 30.8 Å². The quantitative estimate of drug-likeness (QED) is 0.829. The van der Waals surface area contributed by atoms with E-state index in [-0.39, 0.29) is 5.56 Å². The SMILES string of the molecule is Fc1cc(F)c(CN2CCCC3CNCC32)cc1F. The van der Waals surface area contributed by atoms with Crippen LogP contribution in [-0.2, 0) is 6.54 Å². The lowest BCUT2D eigenvalue weighted by molar-refractivity contribution is 0.116. The molecule has 2 nitrogen and oxygen atoms in total. The minimum Gasteiger partial charge on any atom is -0.315 e. The van der Waals surface area contributed by atoms with Crippen LogP contribution in [0.5, 0.6) is 0 Å². The molecule has 2 unspecified atom stereocenters. The normalized spacial score (nSPS) is 27.5. The number of benzene rings is 1. The second-order valence-corrected chi connectivity index (χ2v) is 5.46. The van der Waals surface area contributed by atoms with Crippen LogP contribution in [0.2, 0.25) is 0 Å². The number of piperidine rings is 1. The molecule has 2 fully saturated rings. The van der Waals surface area contributed by atoms with Crippen LogP contribution in [0.15, 0.2) is 12.1 Å². The number of rotatable bonds is 2. The minimum atomic E-state index is -1.12. The van der Waals surface area contributed by atoms with Gasteiger partial charge in [0.2, 0.25) is 0 Å². The van der Waals surface area contributed by atoms with Crippen molar-refractivity contribution in [2.24, 2.45) is 5.92 Å². The van der Waals surface area contributed by atoms with Crippen molar-refractivity contribution in [1.82, 2.24) is 10.2 Å². The monoisotopic (exact) mass is 270 g/mol. The summed E-state index contributed by atoms with van der Waals surface area (Å²) in [6.45, 7) is 3.14. The highest BCUT2D eigenvalue weighted by Crippen LogP contribution is 2.28. The minimum absolute atomic E-state index is 0.242. The van der Waals surface area contributed by atoms with Crippen LogP contribution in [-0.4, -0.2) is 30.6 Å². The van der Waals surface area contributed by atoms with E-state index in [4.69, 9.17) is 0 Å². The van der Waals surface area contributed by atoms with Crippen LogP contribution in [0, 0.1) is 23.4 Å². The van der Waals surface area contributed by atoms with Gasteiger partial charge < -0.3 is 5.32 Å². The number of hydrogen-bond acceptors (Lipinski definition) is 2. The topological polar surface area (TPSA) is 15.3 Å². The highest BCUT2D eigenvalue weighted by Gasteiger charge is 2.35. The smallest absolute Gasteiger partial charge is 0.161 e. The Hall–Kier alpha value is -1.07. The first-order valence-electron chi connectivity index (χ1n) is 6.73. The molecule has 0 amide bonds. The average Bonchev–Trinajstić information content (AvgIpc) is 2.85. The molecule has 2 saturated heterocycles. The molecule has 19 heavy (non-hydrogen) atoms. The second-order valence-electron chi connectivity index (χ2n) is 5.46. The molecule has 0 spiro atoms. The van der Waals surface area contributed by atoms with Crippen LogP contribution in [0.4, 0.5) is 13.2 Å². The molecule has 2 atom stereocenters. The number of likely N-dealkylation sites (tertiary alicyclic amines) is 1. The fourth-order valence-electron chi connectivity index (χ4n) is 3.26. The third-order valence-corrected chi connectivity index (χ3v) is 4.26. The Morgan fingerprint density at radius 2 is 1.89 bits per heavy atom. The third-order valence-electron chi connectivity index (χ3n) is 4.26. The first kappa shape index (κ1) is 12.9. The van der Waals surface area contributed by atoms with E-state index in [1.807, 2.05) is 0 Å². The molecule has 0 aliphatic carbocycles. The van der Waals surface area contributed by atoms with Gasteiger partial charge in [-0.2, -0.15) is 0 Å². The standard InChI is InChI=1S/C14H17F3N2/c15-11-5-13(17)12(16)4-10(11)8-19-3-1-2-9-6-18-7-14(9)19/h4-5,9,14,18H,1-3,6-8H2. The molecular formula is C14H17F3N2. The van der Waals surface area contributed by atoms with Crippen LogP contribution in [0.25, 0.3) is 0 Å². The summed E-state index contributed by atoms with van der Waals surface area (Å²) in [6, 6.07) is 2.01. The maximum atomic E-state index is 13.7. The summed E-state index contributed by atoms with van der Waals surface area (Å²) in [4.78, 5) is 2.18. The van der Waals surface area contributed by atoms with E-state index >= 15 is 0 Å². The molecule has 0 radical (unpaired) electrons. The largest absolute Gasteiger partial charge is 0.315 e. The van der Waals surface area contributed by atoms with E-state index in [0.717, 1.165) is 32.1 Å². The zero-order valence-electron chi connectivity index (χ0n) is 10.6. The fourth-order valence-corrected chi connectivity index (χ4v) is 3.26. The van der Waals surface area contributed by atoms with Crippen molar-refractivity contribution in [3.05, 3.63) is 35.1 Å². The highest BCUT2D eigenvalue weighted by molar-refractivity contribution is 5.20. The van der Waals surface area contributed by atoms with Crippen molar-refractivity contribution >= 4 is 0 Å². The Bertz CT molecular complexity index is 478. The van der Waals surface area contributed by atoms with Crippen LogP contribution in [0.1, 0.15) is 18.4 Å². The van der Waals surface area contributed by atoms with Crippen LogP contribution >= 0.6 is 0 Å². The molecule has 2 aliphatic rings. The zero-order valence-corrected chi connectivity index (χ0v) is 10.6. The van der Waals surface area contributed by atoms with Crippen molar-refractivity contribution in [2.45, 2.75) is 25.4 Å². The van der Waals surface area contributed by atoms with E-state index in [0.29, 0.717) is 24.6 Å². The number of fused-ring (bicyclic) bond motifs is 1. The number of halogens is 3. The van der Waals surface area contributed by atoms with E-state index in [2.05, 4.69) is 10.2 Å². The van der Waals surface area contributed by atoms with Crippen LogP contribution in [0.3, 0.4) is 0 Å². The van der Waals surface area contributed by atoms with Crippen LogP contribution < -0.4 is 5.32 Å². The zero-order chi connectivity index (χ0) is 13.4. The predicted molar refractivity (Wildman–Crippen MR) is 66.1 cm³/mol. The summed E-state index contributed by atoms with van der Waals surface area (Å²) in [7, 11) is 0. The van der Waals surface area contributed by atoms with Crippen molar-refractivity contribution in [2.75, 3.05) is 19.6 Å². The molecule has 1 aromatic carbocycles. The first-order chi connectivity index (χ1) is 9.15. The second kappa shape index (κ2) is 5.13. The van der Waals surface area contributed by atoms with Crippen molar-refractivity contribution in [1.29, 1.82) is 0 Å². The lowest BCUT2D eigenvalue weighted by Gasteiger charge is -2.37. The molecule has 1 aromatic rings. The molecule has 0 bridgehead atoms. The number of hydrogen-bond donors (Lipinski definition) is 1. The fraction of sp³-hybridized carbons (Fsp3) is 0.571. The lowest BCUT2D eigenvalue weighted by atomic mass is 9.91. The Balaban J connectivity index is 1.79. The molecule has 2 heterocycles. The summed E-state index contributed by atoms with van der Waals surface area (Å²) < 4.78 is 39.8. The molecule has 0 saturated carbocycles. The molecule has 5 heteroatoms. The van der Waals surface area contributed by atoms with Gasteiger partial charge >= 0.3 is 0 Å². The third kappa shape index (κ3) is 2.49.